The second-order valence-corrected chi connectivity index (χ2v) is 11.2. The van der Waals surface area contributed by atoms with Crippen LogP contribution >= 0.6 is 11.3 Å². The number of fused-ring (bicyclic) bond motifs is 1. The first kappa shape index (κ1) is 22.9. The lowest BCUT2D eigenvalue weighted by Crippen LogP contribution is -2.31. The third-order valence-corrected chi connectivity index (χ3v) is 8.35. The number of nitrogens with zero attached hydrogens (tertiary/aromatic N) is 3. The lowest BCUT2D eigenvalue weighted by Gasteiger charge is -2.20. The third-order valence-electron chi connectivity index (χ3n) is 5.14. The van der Waals surface area contributed by atoms with Crippen molar-refractivity contribution >= 4 is 42.4 Å². The van der Waals surface area contributed by atoms with E-state index in [1.165, 1.54) is 28.4 Å². The first-order valence-electron chi connectivity index (χ1n) is 10.3. The minimum atomic E-state index is -3.52. The van der Waals surface area contributed by atoms with E-state index in [-0.39, 0.29) is 22.9 Å². The van der Waals surface area contributed by atoms with Gasteiger partial charge < -0.3 is 4.74 Å². The number of carbonyl (C=O) groups is 1. The number of pyridine rings is 1. The van der Waals surface area contributed by atoms with Crippen molar-refractivity contribution in [2.24, 2.45) is 0 Å². The number of hydrogen-bond donors (Lipinski definition) is 0. The average Bonchev–Trinajstić information content (AvgIpc) is 3.25. The van der Waals surface area contributed by atoms with Crippen molar-refractivity contribution in [2.75, 3.05) is 12.0 Å². The third kappa shape index (κ3) is 4.74. The number of methoxy groups -OCH3 is 1. The van der Waals surface area contributed by atoms with E-state index in [1.807, 2.05) is 30.3 Å². The minimum absolute atomic E-state index is 0.121. The highest BCUT2D eigenvalue weighted by molar-refractivity contribution is 7.92. The van der Waals surface area contributed by atoms with Crippen molar-refractivity contribution in [2.45, 2.75) is 30.5 Å². The Morgan fingerprint density at radius 3 is 2.61 bits per heavy atom. The number of sulfone groups is 1. The van der Waals surface area contributed by atoms with Crippen LogP contribution in [0.4, 0.5) is 5.13 Å². The number of carbonyl (C=O) groups excluding carboxylic acids is 1. The smallest absolute Gasteiger partial charge is 0.260 e. The number of aromatic nitrogens is 2. The lowest BCUT2D eigenvalue weighted by molar-refractivity contribution is 0.0984. The number of anilines is 1. The molecule has 2 heterocycles. The predicted octanol–water partition coefficient (Wildman–Crippen LogP) is 4.73. The van der Waals surface area contributed by atoms with E-state index in [9.17, 15) is 13.2 Å². The molecule has 9 heteroatoms. The van der Waals surface area contributed by atoms with E-state index < -0.39 is 15.1 Å². The van der Waals surface area contributed by atoms with Gasteiger partial charge in [-0.25, -0.2) is 13.4 Å². The second kappa shape index (κ2) is 9.29. The Morgan fingerprint density at radius 2 is 1.91 bits per heavy atom. The molecule has 0 unspecified atom stereocenters. The van der Waals surface area contributed by atoms with Crippen LogP contribution in [0.25, 0.3) is 10.2 Å². The zero-order valence-electron chi connectivity index (χ0n) is 18.4. The summed E-state index contributed by atoms with van der Waals surface area (Å²) in [6.45, 7) is 3.43. The molecule has 0 atom stereocenters. The summed E-state index contributed by atoms with van der Waals surface area (Å²) in [5.41, 5.74) is 1.67. The molecule has 2 aromatic carbocycles. The molecule has 0 N–H and O–H groups in total. The molecule has 0 bridgehead atoms. The molecular formula is C24H23N3O4S2. The van der Waals surface area contributed by atoms with Gasteiger partial charge in [-0.1, -0.05) is 23.5 Å². The monoisotopic (exact) mass is 481 g/mol. The molecule has 2 aromatic heterocycles. The largest absolute Gasteiger partial charge is 0.497 e. The zero-order valence-corrected chi connectivity index (χ0v) is 20.1. The molecule has 0 aliphatic carbocycles. The Balaban J connectivity index is 1.78. The molecular weight excluding hydrogens is 458 g/mol. The van der Waals surface area contributed by atoms with E-state index in [2.05, 4.69) is 9.97 Å². The van der Waals surface area contributed by atoms with E-state index >= 15 is 0 Å². The Bertz CT molecular complexity index is 1400. The molecule has 0 aliphatic heterocycles. The lowest BCUT2D eigenvalue weighted by atomic mass is 10.2. The maximum absolute atomic E-state index is 13.6. The first-order chi connectivity index (χ1) is 15.8. The maximum atomic E-state index is 13.6. The van der Waals surface area contributed by atoms with Crippen LogP contribution in [0.2, 0.25) is 0 Å². The molecule has 0 fully saturated rings. The van der Waals surface area contributed by atoms with Gasteiger partial charge in [0.1, 0.15) is 5.75 Å². The first-order valence-corrected chi connectivity index (χ1v) is 12.7. The van der Waals surface area contributed by atoms with Gasteiger partial charge in [0.2, 0.25) is 0 Å². The summed E-state index contributed by atoms with van der Waals surface area (Å²) < 4.78 is 31.5. The fraction of sp³-hybridized carbons (Fsp3) is 0.208. The standard InChI is InChI=1S/C24H23N3O4S2/c1-16(2)33(29,30)20-9-6-7-17(13-20)23(28)27(15-18-8-4-5-12-25-18)24-26-21-14-19(31-3)10-11-22(21)32-24/h4-14,16H,15H2,1-3H3. The summed E-state index contributed by atoms with van der Waals surface area (Å²) in [5.74, 6) is 0.320. The number of hydrogen-bond acceptors (Lipinski definition) is 7. The molecule has 4 rings (SSSR count). The maximum Gasteiger partial charge on any atom is 0.260 e. The van der Waals surface area contributed by atoms with Gasteiger partial charge in [-0.3, -0.25) is 14.7 Å². The van der Waals surface area contributed by atoms with Crippen LogP contribution in [0, 0.1) is 0 Å². The van der Waals surface area contributed by atoms with Crippen molar-refractivity contribution in [1.82, 2.24) is 9.97 Å². The highest BCUT2D eigenvalue weighted by atomic mass is 32.2. The molecule has 0 spiro atoms. The second-order valence-electron chi connectivity index (χ2n) is 7.66. The highest BCUT2D eigenvalue weighted by Crippen LogP contribution is 2.33. The Morgan fingerprint density at radius 1 is 1.09 bits per heavy atom. The number of amides is 1. The van der Waals surface area contributed by atoms with Gasteiger partial charge in [0, 0.05) is 17.8 Å². The van der Waals surface area contributed by atoms with E-state index in [0.29, 0.717) is 22.1 Å². The summed E-state index contributed by atoms with van der Waals surface area (Å²) >= 11 is 1.37. The Labute approximate surface area is 196 Å². The summed E-state index contributed by atoms with van der Waals surface area (Å²) in [4.78, 5) is 24.3. The molecule has 170 valence electrons. The van der Waals surface area contributed by atoms with Crippen LogP contribution < -0.4 is 9.64 Å². The van der Waals surface area contributed by atoms with Gasteiger partial charge in [-0.15, -0.1) is 0 Å². The number of benzene rings is 2. The molecule has 0 aliphatic rings. The summed E-state index contributed by atoms with van der Waals surface area (Å²) in [6, 6.07) is 17.2. The molecule has 33 heavy (non-hydrogen) atoms. The predicted molar refractivity (Wildman–Crippen MR) is 130 cm³/mol. The molecule has 7 nitrogen and oxygen atoms in total. The van der Waals surface area contributed by atoms with Crippen LogP contribution in [0.5, 0.6) is 5.75 Å². The SMILES string of the molecule is COc1ccc2sc(N(Cc3ccccn3)C(=O)c3cccc(S(=O)(=O)C(C)C)c3)nc2c1. The van der Waals surface area contributed by atoms with Gasteiger partial charge in [0.15, 0.2) is 15.0 Å². The van der Waals surface area contributed by atoms with Crippen molar-refractivity contribution in [1.29, 1.82) is 0 Å². The fourth-order valence-electron chi connectivity index (χ4n) is 3.25. The fourth-order valence-corrected chi connectivity index (χ4v) is 5.30. The molecule has 0 saturated heterocycles. The molecule has 0 saturated carbocycles. The van der Waals surface area contributed by atoms with Crippen LogP contribution in [-0.2, 0) is 16.4 Å². The Hall–Kier alpha value is -3.30. The van der Waals surface area contributed by atoms with E-state index in [4.69, 9.17) is 4.74 Å². The quantitative estimate of drug-likeness (QED) is 0.379. The molecule has 1 amide bonds. The number of rotatable bonds is 7. The normalized spacial score (nSPS) is 11.6. The van der Waals surface area contributed by atoms with Crippen LogP contribution in [0.15, 0.2) is 71.8 Å². The Kier molecular flexibility index (Phi) is 6.44. The topological polar surface area (TPSA) is 89.5 Å². The van der Waals surface area contributed by atoms with Crippen molar-refractivity contribution < 1.29 is 17.9 Å². The van der Waals surface area contributed by atoms with E-state index in [1.54, 1.807) is 45.4 Å². The summed E-state index contributed by atoms with van der Waals surface area (Å²) in [6.07, 6.45) is 1.66. The number of ether oxygens (including phenoxy) is 1. The highest BCUT2D eigenvalue weighted by Gasteiger charge is 2.25. The number of thiazole rings is 1. The summed E-state index contributed by atoms with van der Waals surface area (Å²) in [5, 5.41) is -0.0993. The van der Waals surface area contributed by atoms with Crippen molar-refractivity contribution in [3.8, 4) is 5.75 Å². The van der Waals surface area contributed by atoms with Gasteiger partial charge in [-0.05, 0) is 56.3 Å². The summed E-state index contributed by atoms with van der Waals surface area (Å²) in [7, 11) is -1.93. The van der Waals surface area contributed by atoms with Crippen LogP contribution in [0.3, 0.4) is 0 Å². The van der Waals surface area contributed by atoms with Crippen molar-refractivity contribution in [3.05, 3.63) is 78.1 Å². The van der Waals surface area contributed by atoms with Gasteiger partial charge in [-0.2, -0.15) is 0 Å². The van der Waals surface area contributed by atoms with Gasteiger partial charge in [0.25, 0.3) is 5.91 Å². The molecule has 4 aromatic rings. The van der Waals surface area contributed by atoms with Gasteiger partial charge in [0.05, 0.1) is 39.7 Å². The molecule has 0 radical (unpaired) electrons. The average molecular weight is 482 g/mol. The van der Waals surface area contributed by atoms with Crippen LogP contribution in [-0.4, -0.2) is 36.7 Å². The van der Waals surface area contributed by atoms with E-state index in [0.717, 1.165) is 4.70 Å². The van der Waals surface area contributed by atoms with Crippen LogP contribution in [0.1, 0.15) is 29.9 Å². The van der Waals surface area contributed by atoms with Crippen molar-refractivity contribution in [3.63, 3.8) is 0 Å². The zero-order chi connectivity index (χ0) is 23.6. The minimum Gasteiger partial charge on any atom is -0.497 e. The van der Waals surface area contributed by atoms with Gasteiger partial charge >= 0.3 is 0 Å².